The Kier molecular flexibility index (Phi) is 42.1. The molecule has 74 heavy (non-hydrogen) atoms. The van der Waals surface area contributed by atoms with Crippen LogP contribution in [0.2, 0.25) is 0 Å². The minimum absolute atomic E-state index is 0.0232. The molecule has 1 aromatic rings. The Bertz CT molecular complexity index is 1690. The van der Waals surface area contributed by atoms with E-state index in [-0.39, 0.29) is 77.2 Å². The van der Waals surface area contributed by atoms with Gasteiger partial charge in [0.15, 0.2) is 0 Å². The third-order valence-electron chi connectivity index (χ3n) is 9.89. The Morgan fingerprint density at radius 2 is 1.05 bits per heavy atom. The fraction of sp³-hybridized carbons (Fsp3) is 0.700. The van der Waals surface area contributed by atoms with E-state index in [1.54, 1.807) is 59.1 Å². The zero-order valence-corrected chi connectivity index (χ0v) is 44.1. The molecule has 422 valence electrons. The molecule has 0 saturated heterocycles. The summed E-state index contributed by atoms with van der Waals surface area (Å²) in [7, 11) is 1.63. The Hall–Kier alpha value is -4.99. The number of carbonyl (C=O) groups excluding carboxylic acids is 7. The molecular formula is C50H83N5O19. The smallest absolute Gasteiger partial charge is 0.305 e. The molecule has 0 bridgehead atoms. The summed E-state index contributed by atoms with van der Waals surface area (Å²) in [5.41, 5.74) is 1.20. The van der Waals surface area contributed by atoms with Gasteiger partial charge < -0.3 is 77.7 Å². The standard InChI is InChI=1S/C50H83N5O19/c1-6-8-46(59)55(40-56)38-47(60)54(14-13-44(57)53-49(41(3)4)50(62)51-37-45(58)52-43-11-9-42(10-12-43)39-74-48(61)7-2)15-16-64-19-20-66-23-24-68-27-28-70-31-32-72-35-36-73-34-33-71-30-29-69-26-25-67-22-21-65-18-17-63-5/h6,8-12,40-41,49H,7,13-39H2,1-5H3,(H,51,62)(H,52,58)(H,53,57)/b8-6-. The second-order valence-electron chi connectivity index (χ2n) is 16.1. The molecule has 0 aliphatic heterocycles. The van der Waals surface area contributed by atoms with Crippen molar-refractivity contribution >= 4 is 47.6 Å². The molecule has 1 aromatic carbocycles. The first-order valence-electron chi connectivity index (χ1n) is 25.0. The molecule has 0 spiro atoms. The predicted molar refractivity (Wildman–Crippen MR) is 269 cm³/mol. The van der Waals surface area contributed by atoms with Crippen LogP contribution in [0, 0.1) is 5.92 Å². The summed E-state index contributed by atoms with van der Waals surface area (Å²) >= 11 is 0. The average Bonchev–Trinajstić information content (AvgIpc) is 3.39. The van der Waals surface area contributed by atoms with E-state index in [4.69, 9.17) is 56.8 Å². The number of allylic oxidation sites excluding steroid dienone is 1. The average molecular weight is 1060 g/mol. The second kappa shape index (κ2) is 46.5. The second-order valence-corrected chi connectivity index (χ2v) is 16.1. The molecule has 1 rings (SSSR count). The number of benzene rings is 1. The molecule has 0 aromatic heterocycles. The lowest BCUT2D eigenvalue weighted by Crippen LogP contribution is -2.51. The van der Waals surface area contributed by atoms with Crippen molar-refractivity contribution in [3.8, 4) is 0 Å². The Balaban J connectivity index is 2.27. The summed E-state index contributed by atoms with van der Waals surface area (Å²) in [4.78, 5) is 89.5. The largest absolute Gasteiger partial charge is 0.461 e. The minimum atomic E-state index is -1.01. The van der Waals surface area contributed by atoms with Gasteiger partial charge in [-0.25, -0.2) is 0 Å². The van der Waals surface area contributed by atoms with Crippen LogP contribution in [0.25, 0.3) is 0 Å². The maximum atomic E-state index is 13.3. The van der Waals surface area contributed by atoms with Crippen molar-refractivity contribution in [1.82, 2.24) is 20.4 Å². The predicted octanol–water partition coefficient (Wildman–Crippen LogP) is 0.928. The SMILES string of the molecule is C/C=C\C(=O)N(C=O)CC(=O)N(CCOCCOCCOCCOCCOCCOCCOCCOCCOCCOCCOC)CCC(=O)NC(C(=O)NCC(=O)Nc1ccc(COC(=O)CC)cc1)C(C)C. The van der Waals surface area contributed by atoms with E-state index in [0.717, 1.165) is 11.6 Å². The van der Waals surface area contributed by atoms with Crippen molar-refractivity contribution in [3.05, 3.63) is 42.0 Å². The number of methoxy groups -OCH3 is 1. The van der Waals surface area contributed by atoms with Gasteiger partial charge in [-0.05, 0) is 36.6 Å². The summed E-state index contributed by atoms with van der Waals surface area (Å²) in [5.74, 6) is -3.63. The number of esters is 1. The summed E-state index contributed by atoms with van der Waals surface area (Å²) in [5, 5.41) is 7.89. The highest BCUT2D eigenvalue weighted by Crippen LogP contribution is 2.11. The van der Waals surface area contributed by atoms with Crippen molar-refractivity contribution in [1.29, 1.82) is 0 Å². The number of carbonyl (C=O) groups is 7. The summed E-state index contributed by atoms with van der Waals surface area (Å²) in [6, 6.07) is 5.66. The van der Waals surface area contributed by atoms with Gasteiger partial charge in [-0.2, -0.15) is 0 Å². The fourth-order valence-electron chi connectivity index (χ4n) is 5.86. The zero-order valence-electron chi connectivity index (χ0n) is 44.1. The van der Waals surface area contributed by atoms with Gasteiger partial charge in [0.05, 0.1) is 145 Å². The maximum Gasteiger partial charge on any atom is 0.305 e. The molecule has 1 unspecified atom stereocenters. The molecule has 0 fully saturated rings. The van der Waals surface area contributed by atoms with Crippen molar-refractivity contribution < 1.29 is 90.4 Å². The van der Waals surface area contributed by atoms with E-state index < -0.39 is 42.1 Å². The molecule has 24 heteroatoms. The molecule has 0 heterocycles. The van der Waals surface area contributed by atoms with Crippen LogP contribution in [0.15, 0.2) is 36.4 Å². The van der Waals surface area contributed by atoms with Crippen LogP contribution in [0.4, 0.5) is 5.69 Å². The van der Waals surface area contributed by atoms with E-state index in [2.05, 4.69) is 16.0 Å². The van der Waals surface area contributed by atoms with E-state index in [1.807, 2.05) is 0 Å². The van der Waals surface area contributed by atoms with E-state index >= 15 is 0 Å². The molecule has 24 nitrogen and oxygen atoms in total. The fourth-order valence-corrected chi connectivity index (χ4v) is 5.86. The Morgan fingerprint density at radius 1 is 0.608 bits per heavy atom. The van der Waals surface area contributed by atoms with Crippen LogP contribution in [0.1, 0.15) is 46.1 Å². The number of amides is 6. The molecule has 1 atom stereocenters. The van der Waals surface area contributed by atoms with Crippen LogP contribution >= 0.6 is 0 Å². The lowest BCUT2D eigenvalue weighted by atomic mass is 10.0. The molecule has 0 saturated carbocycles. The van der Waals surface area contributed by atoms with Gasteiger partial charge in [0.25, 0.3) is 5.91 Å². The van der Waals surface area contributed by atoms with Gasteiger partial charge in [-0.1, -0.05) is 39.0 Å². The first kappa shape index (κ1) is 67.0. The van der Waals surface area contributed by atoms with Crippen LogP contribution < -0.4 is 16.0 Å². The van der Waals surface area contributed by atoms with Gasteiger partial charge in [-0.15, -0.1) is 0 Å². The van der Waals surface area contributed by atoms with Crippen molar-refractivity contribution in [3.63, 3.8) is 0 Å². The van der Waals surface area contributed by atoms with Gasteiger partial charge in [0.1, 0.15) is 19.2 Å². The highest BCUT2D eigenvalue weighted by molar-refractivity contribution is 5.98. The maximum absolute atomic E-state index is 13.3. The molecule has 6 amide bonds. The highest BCUT2D eigenvalue weighted by atomic mass is 16.6. The van der Waals surface area contributed by atoms with Gasteiger partial charge in [0, 0.05) is 38.7 Å². The Morgan fingerprint density at radius 3 is 1.46 bits per heavy atom. The summed E-state index contributed by atoms with van der Waals surface area (Å²) < 4.78 is 64.9. The first-order valence-corrected chi connectivity index (χ1v) is 25.0. The van der Waals surface area contributed by atoms with Crippen molar-refractivity contribution in [2.75, 3.05) is 177 Å². The first-order chi connectivity index (χ1) is 35.9. The van der Waals surface area contributed by atoms with Gasteiger partial charge >= 0.3 is 5.97 Å². The van der Waals surface area contributed by atoms with Gasteiger partial charge in [-0.3, -0.25) is 38.5 Å². The number of rotatable bonds is 49. The topological polar surface area (TPSA) is 273 Å². The summed E-state index contributed by atoms with van der Waals surface area (Å²) in [6.07, 6.45) is 2.88. The molecule has 0 aliphatic rings. The molecule has 3 N–H and O–H groups in total. The van der Waals surface area contributed by atoms with Crippen molar-refractivity contribution in [2.24, 2.45) is 5.92 Å². The zero-order chi connectivity index (χ0) is 54.3. The van der Waals surface area contributed by atoms with E-state index in [0.29, 0.717) is 130 Å². The number of ether oxygens (including phenoxy) is 12. The minimum Gasteiger partial charge on any atom is -0.461 e. The van der Waals surface area contributed by atoms with Gasteiger partial charge in [0.2, 0.25) is 30.0 Å². The van der Waals surface area contributed by atoms with Crippen LogP contribution in [-0.4, -0.2) is 230 Å². The van der Waals surface area contributed by atoms with Crippen LogP contribution in [0.3, 0.4) is 0 Å². The quantitative estimate of drug-likeness (QED) is 0.0354. The number of hydrogen-bond donors (Lipinski definition) is 3. The van der Waals surface area contributed by atoms with E-state index in [1.165, 1.54) is 11.0 Å². The number of hydrogen-bond acceptors (Lipinski definition) is 19. The normalized spacial score (nSPS) is 11.6. The monoisotopic (exact) mass is 1060 g/mol. The van der Waals surface area contributed by atoms with Crippen LogP contribution in [0.5, 0.6) is 0 Å². The molecular weight excluding hydrogens is 975 g/mol. The van der Waals surface area contributed by atoms with E-state index in [9.17, 15) is 33.6 Å². The number of nitrogens with zero attached hydrogens (tertiary/aromatic N) is 2. The third kappa shape index (κ3) is 36.9. The number of imide groups is 1. The lowest BCUT2D eigenvalue weighted by molar-refractivity contribution is -0.144. The molecule has 0 radical (unpaired) electrons. The third-order valence-corrected chi connectivity index (χ3v) is 9.89. The number of nitrogens with one attached hydrogen (secondary N) is 3. The van der Waals surface area contributed by atoms with Crippen LogP contribution in [-0.2, 0) is 97.0 Å². The Labute approximate surface area is 435 Å². The highest BCUT2D eigenvalue weighted by Gasteiger charge is 2.26. The summed E-state index contributed by atoms with van der Waals surface area (Å²) in [6.45, 7) is 14.5. The molecule has 0 aliphatic carbocycles. The lowest BCUT2D eigenvalue weighted by Gasteiger charge is -2.26. The number of anilines is 1. The van der Waals surface area contributed by atoms with Crippen molar-refractivity contribution in [2.45, 2.75) is 53.2 Å².